The zero-order valence-electron chi connectivity index (χ0n) is 10.3. The van der Waals surface area contributed by atoms with Crippen LogP contribution in [-0.2, 0) is 4.74 Å². The van der Waals surface area contributed by atoms with Crippen molar-refractivity contribution in [1.82, 2.24) is 14.8 Å². The summed E-state index contributed by atoms with van der Waals surface area (Å²) in [6.45, 7) is 3.96. The molecule has 2 heterocycles. The molecule has 6 nitrogen and oxygen atoms in total. The Bertz CT molecular complexity index is 577. The molecule has 94 valence electrons. The Morgan fingerprint density at radius 1 is 1.50 bits per heavy atom. The highest BCUT2D eigenvalue weighted by Gasteiger charge is 2.10. The number of anilines is 1. The quantitative estimate of drug-likeness (QED) is 0.826. The molecule has 0 radical (unpaired) electrons. The molecule has 0 aliphatic rings. The van der Waals surface area contributed by atoms with E-state index < -0.39 is 5.97 Å². The summed E-state index contributed by atoms with van der Waals surface area (Å²) in [4.78, 5) is 15.7. The molecule has 0 aliphatic heterocycles. The van der Waals surface area contributed by atoms with Gasteiger partial charge in [0.25, 0.3) is 0 Å². The molecule has 2 rings (SSSR count). The van der Waals surface area contributed by atoms with E-state index in [2.05, 4.69) is 10.1 Å². The Morgan fingerprint density at radius 2 is 2.28 bits per heavy atom. The number of hydrogen-bond donors (Lipinski definition) is 1. The fraction of sp³-hybridized carbons (Fsp3) is 0.250. The topological polar surface area (TPSA) is 83.0 Å². The number of ether oxygens (including phenoxy) is 1. The van der Waals surface area contributed by atoms with Gasteiger partial charge >= 0.3 is 5.97 Å². The molecular weight excluding hydrogens is 232 g/mol. The SMILES string of the molecule is CCOC(=O)c1cnn(-c2cc(N)c(C)cn2)c1. The van der Waals surface area contributed by atoms with Crippen molar-refractivity contribution in [2.24, 2.45) is 0 Å². The predicted molar refractivity (Wildman–Crippen MR) is 66.5 cm³/mol. The number of carbonyl (C=O) groups excluding carboxylic acids is 1. The van der Waals surface area contributed by atoms with Gasteiger partial charge in [-0.1, -0.05) is 0 Å². The Balaban J connectivity index is 2.29. The zero-order valence-corrected chi connectivity index (χ0v) is 10.3. The molecule has 0 unspecified atom stereocenters. The number of esters is 1. The third-order valence-electron chi connectivity index (χ3n) is 2.46. The molecule has 0 saturated heterocycles. The van der Waals surface area contributed by atoms with Crippen molar-refractivity contribution >= 4 is 11.7 Å². The number of nitrogens with two attached hydrogens (primary N) is 1. The van der Waals surface area contributed by atoms with Gasteiger partial charge in [0.15, 0.2) is 5.82 Å². The van der Waals surface area contributed by atoms with Gasteiger partial charge in [0.2, 0.25) is 0 Å². The van der Waals surface area contributed by atoms with Crippen LogP contribution in [-0.4, -0.2) is 27.3 Å². The standard InChI is InChI=1S/C12H14N4O2/c1-3-18-12(17)9-6-15-16(7-9)11-4-10(13)8(2)5-14-11/h4-7H,3H2,1-2H3,(H2,13,14). The summed E-state index contributed by atoms with van der Waals surface area (Å²) in [5, 5.41) is 4.06. The number of rotatable bonds is 3. The minimum absolute atomic E-state index is 0.333. The minimum atomic E-state index is -0.399. The number of aromatic nitrogens is 3. The highest BCUT2D eigenvalue weighted by molar-refractivity contribution is 5.88. The molecule has 2 N–H and O–H groups in total. The smallest absolute Gasteiger partial charge is 0.341 e. The van der Waals surface area contributed by atoms with Gasteiger partial charge in [0, 0.05) is 24.1 Å². The van der Waals surface area contributed by atoms with Crippen molar-refractivity contribution in [2.45, 2.75) is 13.8 Å². The van der Waals surface area contributed by atoms with E-state index >= 15 is 0 Å². The average Bonchev–Trinajstić information content (AvgIpc) is 2.82. The lowest BCUT2D eigenvalue weighted by Crippen LogP contribution is -2.04. The molecule has 0 aromatic carbocycles. The molecular formula is C12H14N4O2. The Hall–Kier alpha value is -2.37. The molecule has 2 aromatic heterocycles. The van der Waals surface area contributed by atoms with Crippen LogP contribution in [0.5, 0.6) is 0 Å². The lowest BCUT2D eigenvalue weighted by molar-refractivity contribution is 0.0526. The van der Waals surface area contributed by atoms with E-state index in [9.17, 15) is 4.79 Å². The predicted octanol–water partition coefficient (Wildman–Crippen LogP) is 1.33. The molecule has 0 amide bonds. The largest absolute Gasteiger partial charge is 0.462 e. The van der Waals surface area contributed by atoms with Crippen molar-refractivity contribution in [3.8, 4) is 5.82 Å². The third kappa shape index (κ3) is 2.32. The summed E-state index contributed by atoms with van der Waals surface area (Å²) in [5.41, 5.74) is 7.72. The molecule has 0 fully saturated rings. The van der Waals surface area contributed by atoms with Crippen molar-refractivity contribution < 1.29 is 9.53 Å². The van der Waals surface area contributed by atoms with Gasteiger partial charge < -0.3 is 10.5 Å². The van der Waals surface area contributed by atoms with Gasteiger partial charge in [-0.05, 0) is 19.4 Å². The molecule has 0 saturated carbocycles. The van der Waals surface area contributed by atoms with Gasteiger partial charge in [-0.15, -0.1) is 0 Å². The van der Waals surface area contributed by atoms with E-state index in [1.807, 2.05) is 6.92 Å². The molecule has 2 aromatic rings. The van der Waals surface area contributed by atoms with Crippen LogP contribution in [0.1, 0.15) is 22.8 Å². The Labute approximate surface area is 104 Å². The van der Waals surface area contributed by atoms with Crippen molar-refractivity contribution in [2.75, 3.05) is 12.3 Å². The number of nitrogens with zero attached hydrogens (tertiary/aromatic N) is 3. The summed E-state index contributed by atoms with van der Waals surface area (Å²) in [5.74, 6) is 0.164. The first-order valence-electron chi connectivity index (χ1n) is 5.56. The maximum Gasteiger partial charge on any atom is 0.341 e. The zero-order chi connectivity index (χ0) is 13.1. The summed E-state index contributed by atoms with van der Waals surface area (Å²) in [6.07, 6.45) is 4.67. The molecule has 0 aliphatic carbocycles. The Morgan fingerprint density at radius 3 is 2.94 bits per heavy atom. The first kappa shape index (κ1) is 12.1. The molecule has 18 heavy (non-hydrogen) atoms. The van der Waals surface area contributed by atoms with Crippen LogP contribution in [0.15, 0.2) is 24.7 Å². The fourth-order valence-corrected chi connectivity index (χ4v) is 1.42. The first-order chi connectivity index (χ1) is 8.61. The normalized spacial score (nSPS) is 10.3. The summed E-state index contributed by atoms with van der Waals surface area (Å²) in [7, 11) is 0. The number of pyridine rings is 1. The summed E-state index contributed by atoms with van der Waals surface area (Å²) < 4.78 is 6.37. The van der Waals surface area contributed by atoms with Crippen molar-refractivity contribution in [1.29, 1.82) is 0 Å². The fourth-order valence-electron chi connectivity index (χ4n) is 1.42. The minimum Gasteiger partial charge on any atom is -0.462 e. The van der Waals surface area contributed by atoms with E-state index in [-0.39, 0.29) is 0 Å². The van der Waals surface area contributed by atoms with Crippen LogP contribution in [0, 0.1) is 6.92 Å². The summed E-state index contributed by atoms with van der Waals surface area (Å²) in [6, 6.07) is 1.71. The lowest BCUT2D eigenvalue weighted by Gasteiger charge is -2.03. The highest BCUT2D eigenvalue weighted by atomic mass is 16.5. The second-order valence-electron chi connectivity index (χ2n) is 3.79. The maximum absolute atomic E-state index is 11.5. The van der Waals surface area contributed by atoms with E-state index in [0.29, 0.717) is 23.7 Å². The molecule has 0 atom stereocenters. The monoisotopic (exact) mass is 246 g/mol. The van der Waals surface area contributed by atoms with Crippen molar-refractivity contribution in [3.05, 3.63) is 35.8 Å². The van der Waals surface area contributed by atoms with E-state index in [0.717, 1.165) is 5.56 Å². The van der Waals surface area contributed by atoms with Gasteiger partial charge in [-0.2, -0.15) is 5.10 Å². The van der Waals surface area contributed by atoms with E-state index in [1.165, 1.54) is 10.9 Å². The van der Waals surface area contributed by atoms with Crippen LogP contribution >= 0.6 is 0 Å². The summed E-state index contributed by atoms with van der Waals surface area (Å²) >= 11 is 0. The molecule has 0 spiro atoms. The average molecular weight is 246 g/mol. The third-order valence-corrected chi connectivity index (χ3v) is 2.46. The number of nitrogen functional groups attached to an aromatic ring is 1. The van der Waals surface area contributed by atoms with Gasteiger partial charge in [0.1, 0.15) is 0 Å². The number of aryl methyl sites for hydroxylation is 1. The second kappa shape index (κ2) is 4.87. The number of carbonyl (C=O) groups is 1. The van der Waals surface area contributed by atoms with Crippen LogP contribution in [0.25, 0.3) is 5.82 Å². The van der Waals surface area contributed by atoms with Crippen LogP contribution < -0.4 is 5.73 Å². The van der Waals surface area contributed by atoms with Gasteiger partial charge in [-0.3, -0.25) is 0 Å². The second-order valence-corrected chi connectivity index (χ2v) is 3.79. The highest BCUT2D eigenvalue weighted by Crippen LogP contribution is 2.13. The van der Waals surface area contributed by atoms with Gasteiger partial charge in [-0.25, -0.2) is 14.5 Å². The Kier molecular flexibility index (Phi) is 3.27. The van der Waals surface area contributed by atoms with Crippen LogP contribution in [0.4, 0.5) is 5.69 Å². The van der Waals surface area contributed by atoms with Crippen LogP contribution in [0.3, 0.4) is 0 Å². The van der Waals surface area contributed by atoms with Gasteiger partial charge in [0.05, 0.1) is 18.4 Å². The first-order valence-corrected chi connectivity index (χ1v) is 5.56. The molecule has 6 heteroatoms. The lowest BCUT2D eigenvalue weighted by atomic mass is 10.2. The molecule has 0 bridgehead atoms. The van der Waals surface area contributed by atoms with E-state index in [4.69, 9.17) is 10.5 Å². The van der Waals surface area contributed by atoms with Crippen molar-refractivity contribution in [3.63, 3.8) is 0 Å². The maximum atomic E-state index is 11.5. The van der Waals surface area contributed by atoms with E-state index in [1.54, 1.807) is 25.4 Å². The van der Waals surface area contributed by atoms with Crippen LogP contribution in [0.2, 0.25) is 0 Å². The number of hydrogen-bond acceptors (Lipinski definition) is 5.